The van der Waals surface area contributed by atoms with E-state index in [9.17, 15) is 4.79 Å². The van der Waals surface area contributed by atoms with Crippen molar-refractivity contribution < 1.29 is 4.79 Å². The zero-order valence-electron chi connectivity index (χ0n) is 15.6. The van der Waals surface area contributed by atoms with E-state index in [1.165, 1.54) is 4.80 Å². The van der Waals surface area contributed by atoms with Crippen molar-refractivity contribution in [2.75, 3.05) is 0 Å². The van der Waals surface area contributed by atoms with Crippen molar-refractivity contribution in [1.82, 2.24) is 25.6 Å². The molecule has 0 unspecified atom stereocenters. The Morgan fingerprint density at radius 3 is 2.58 bits per heavy atom. The van der Waals surface area contributed by atoms with Gasteiger partial charge in [0, 0.05) is 11.3 Å². The van der Waals surface area contributed by atoms with E-state index < -0.39 is 0 Å². The maximum atomic E-state index is 12.1. The first-order valence-corrected chi connectivity index (χ1v) is 9.09. The van der Waals surface area contributed by atoms with Crippen molar-refractivity contribution >= 4 is 11.6 Å². The summed E-state index contributed by atoms with van der Waals surface area (Å²) in [5, 5.41) is 16.4. The lowest BCUT2D eigenvalue weighted by Gasteiger charge is -2.34. The molecule has 0 atom stereocenters. The Hall–Kier alpha value is -2.57. The fraction of sp³-hybridized carbons (Fsp3) is 0.526. The van der Waals surface area contributed by atoms with Crippen LogP contribution in [0.3, 0.4) is 0 Å². The van der Waals surface area contributed by atoms with Gasteiger partial charge in [-0.3, -0.25) is 4.79 Å². The first kappa shape index (κ1) is 18.2. The summed E-state index contributed by atoms with van der Waals surface area (Å²) < 4.78 is 0. The van der Waals surface area contributed by atoms with Gasteiger partial charge in [-0.25, -0.2) is 5.43 Å². The molecule has 1 heterocycles. The number of aromatic nitrogens is 4. The fourth-order valence-electron chi connectivity index (χ4n) is 3.25. The Labute approximate surface area is 153 Å². The molecule has 0 bridgehead atoms. The monoisotopic (exact) mass is 354 g/mol. The van der Waals surface area contributed by atoms with Crippen LogP contribution in [0.2, 0.25) is 0 Å². The molecule has 0 aliphatic heterocycles. The van der Waals surface area contributed by atoms with Crippen molar-refractivity contribution in [2.24, 2.45) is 16.4 Å². The lowest BCUT2D eigenvalue weighted by atomic mass is 9.72. The number of hydrazone groups is 1. The van der Waals surface area contributed by atoms with Gasteiger partial charge in [0.15, 0.2) is 0 Å². The first-order valence-electron chi connectivity index (χ1n) is 9.09. The second-order valence-corrected chi connectivity index (χ2v) is 7.86. The van der Waals surface area contributed by atoms with Gasteiger partial charge < -0.3 is 0 Å². The molecule has 3 rings (SSSR count). The molecule has 7 heteroatoms. The summed E-state index contributed by atoms with van der Waals surface area (Å²) in [5.41, 5.74) is 4.90. The standard InChI is InChI=1S/C19H26N6O/c1-19(2,3)15-9-11-16(12-10-15)20-21-17(26)13-25-23-18(22-24-25)14-7-5-4-6-8-14/h4-8,15H,9-13H2,1-3H3,(H,21,26). The highest BCUT2D eigenvalue weighted by Gasteiger charge is 2.28. The molecule has 0 radical (unpaired) electrons. The van der Waals surface area contributed by atoms with Crippen LogP contribution in [0.15, 0.2) is 35.4 Å². The molecule has 1 amide bonds. The van der Waals surface area contributed by atoms with Gasteiger partial charge in [0.05, 0.1) is 0 Å². The third kappa shape index (κ3) is 4.74. The first-order chi connectivity index (χ1) is 12.4. The van der Waals surface area contributed by atoms with Gasteiger partial charge in [-0.1, -0.05) is 51.1 Å². The average Bonchev–Trinajstić information content (AvgIpc) is 3.09. The molecule has 1 aromatic heterocycles. The van der Waals surface area contributed by atoms with Crippen LogP contribution < -0.4 is 5.43 Å². The summed E-state index contributed by atoms with van der Waals surface area (Å²) in [4.78, 5) is 13.4. The van der Waals surface area contributed by atoms with Crippen molar-refractivity contribution in [1.29, 1.82) is 0 Å². The zero-order valence-corrected chi connectivity index (χ0v) is 15.6. The van der Waals surface area contributed by atoms with E-state index in [2.05, 4.69) is 46.7 Å². The Kier molecular flexibility index (Phi) is 5.44. The van der Waals surface area contributed by atoms with E-state index in [0.29, 0.717) is 17.2 Å². The number of carbonyl (C=O) groups excluding carboxylic acids is 1. The summed E-state index contributed by atoms with van der Waals surface area (Å²) in [5.74, 6) is 0.977. The third-order valence-electron chi connectivity index (χ3n) is 4.90. The number of nitrogens with one attached hydrogen (secondary N) is 1. The number of carbonyl (C=O) groups is 1. The van der Waals surface area contributed by atoms with E-state index in [-0.39, 0.29) is 12.5 Å². The molecule has 1 aromatic carbocycles. The molecule has 1 N–H and O–H groups in total. The quantitative estimate of drug-likeness (QED) is 0.855. The van der Waals surface area contributed by atoms with Gasteiger partial charge >= 0.3 is 0 Å². The maximum Gasteiger partial charge on any atom is 0.263 e. The highest BCUT2D eigenvalue weighted by molar-refractivity contribution is 5.86. The highest BCUT2D eigenvalue weighted by Crippen LogP contribution is 2.36. The third-order valence-corrected chi connectivity index (χ3v) is 4.90. The minimum Gasteiger partial charge on any atom is -0.271 e. The van der Waals surface area contributed by atoms with Crippen LogP contribution in [0, 0.1) is 11.3 Å². The molecule has 1 aliphatic rings. The summed E-state index contributed by atoms with van der Waals surface area (Å²) >= 11 is 0. The number of rotatable bonds is 4. The number of nitrogens with zero attached hydrogens (tertiary/aromatic N) is 5. The van der Waals surface area contributed by atoms with Crippen LogP contribution in [-0.4, -0.2) is 31.8 Å². The Morgan fingerprint density at radius 1 is 1.23 bits per heavy atom. The van der Waals surface area contributed by atoms with Crippen LogP contribution in [0.25, 0.3) is 11.4 Å². The lowest BCUT2D eigenvalue weighted by Crippen LogP contribution is -2.29. The molecule has 0 spiro atoms. The van der Waals surface area contributed by atoms with Crippen LogP contribution in [0.1, 0.15) is 46.5 Å². The van der Waals surface area contributed by atoms with E-state index >= 15 is 0 Å². The van der Waals surface area contributed by atoms with Gasteiger partial charge in [0.2, 0.25) is 5.82 Å². The predicted octanol–water partition coefficient (Wildman–Crippen LogP) is 3.05. The molecule has 0 saturated heterocycles. The van der Waals surface area contributed by atoms with Crippen LogP contribution >= 0.6 is 0 Å². The zero-order chi connectivity index (χ0) is 18.6. The van der Waals surface area contributed by atoms with Gasteiger partial charge in [0.25, 0.3) is 5.91 Å². The highest BCUT2D eigenvalue weighted by atomic mass is 16.2. The van der Waals surface area contributed by atoms with Crippen LogP contribution in [0.5, 0.6) is 0 Å². The normalized spacial score (nSPS) is 17.8. The average molecular weight is 354 g/mol. The SMILES string of the molecule is CC(C)(C)C1CCC(=NNC(=O)Cn2nnc(-c3ccccc3)n2)CC1. The summed E-state index contributed by atoms with van der Waals surface area (Å²) in [6.07, 6.45) is 4.15. The van der Waals surface area contributed by atoms with E-state index in [4.69, 9.17) is 0 Å². The minimum atomic E-state index is -0.243. The smallest absolute Gasteiger partial charge is 0.263 e. The number of benzene rings is 1. The van der Waals surface area contributed by atoms with E-state index in [0.717, 1.165) is 37.0 Å². The van der Waals surface area contributed by atoms with Crippen molar-refractivity contribution in [3.63, 3.8) is 0 Å². The summed E-state index contributed by atoms with van der Waals surface area (Å²) in [7, 11) is 0. The molecular weight excluding hydrogens is 328 g/mol. The van der Waals surface area contributed by atoms with Gasteiger partial charge in [0.1, 0.15) is 6.54 Å². The number of hydrogen-bond acceptors (Lipinski definition) is 5. The number of amides is 1. The van der Waals surface area contributed by atoms with E-state index in [1.807, 2.05) is 30.3 Å². The molecule has 26 heavy (non-hydrogen) atoms. The van der Waals surface area contributed by atoms with Crippen molar-refractivity contribution in [3.05, 3.63) is 30.3 Å². The second-order valence-electron chi connectivity index (χ2n) is 7.86. The maximum absolute atomic E-state index is 12.1. The van der Waals surface area contributed by atoms with Crippen molar-refractivity contribution in [2.45, 2.75) is 53.0 Å². The molecule has 1 saturated carbocycles. The molecule has 2 aromatic rings. The lowest BCUT2D eigenvalue weighted by molar-refractivity contribution is -0.122. The topological polar surface area (TPSA) is 85.1 Å². The number of tetrazole rings is 1. The van der Waals surface area contributed by atoms with Crippen molar-refractivity contribution in [3.8, 4) is 11.4 Å². The summed E-state index contributed by atoms with van der Waals surface area (Å²) in [6.45, 7) is 6.87. The van der Waals surface area contributed by atoms with Gasteiger partial charge in [-0.2, -0.15) is 9.90 Å². The van der Waals surface area contributed by atoms with Gasteiger partial charge in [-0.05, 0) is 42.2 Å². The van der Waals surface area contributed by atoms with Gasteiger partial charge in [-0.15, -0.1) is 10.2 Å². The fourth-order valence-corrected chi connectivity index (χ4v) is 3.25. The summed E-state index contributed by atoms with van der Waals surface area (Å²) in [6, 6.07) is 9.55. The molecule has 1 fully saturated rings. The number of hydrogen-bond donors (Lipinski definition) is 1. The Bertz CT molecular complexity index is 765. The largest absolute Gasteiger partial charge is 0.271 e. The van der Waals surface area contributed by atoms with E-state index in [1.54, 1.807) is 0 Å². The van der Waals surface area contributed by atoms with Crippen LogP contribution in [0.4, 0.5) is 0 Å². The Balaban J connectivity index is 1.50. The molecule has 138 valence electrons. The second kappa shape index (κ2) is 7.76. The molecular formula is C19H26N6O. The Morgan fingerprint density at radius 2 is 1.92 bits per heavy atom. The molecule has 7 nitrogen and oxygen atoms in total. The predicted molar refractivity (Wildman–Crippen MR) is 100 cm³/mol. The minimum absolute atomic E-state index is 0.00122. The van der Waals surface area contributed by atoms with Crippen LogP contribution in [-0.2, 0) is 11.3 Å². The molecule has 1 aliphatic carbocycles.